The third-order valence-corrected chi connectivity index (χ3v) is 2.05. The molecule has 0 aliphatic rings. The van der Waals surface area contributed by atoms with Crippen molar-refractivity contribution in [3.8, 4) is 0 Å². The number of anilines is 1. The lowest BCUT2D eigenvalue weighted by atomic mass is 10.3. The minimum absolute atomic E-state index is 0.0509. The number of carbonyl (C=O) groups is 1. The summed E-state index contributed by atoms with van der Waals surface area (Å²) in [6.45, 7) is 4.83. The van der Waals surface area contributed by atoms with Gasteiger partial charge in [0.1, 0.15) is 18.2 Å². The van der Waals surface area contributed by atoms with Crippen LogP contribution in [0.4, 0.5) is 5.82 Å². The van der Waals surface area contributed by atoms with E-state index in [2.05, 4.69) is 15.3 Å². The first-order chi connectivity index (χ1) is 8.11. The summed E-state index contributed by atoms with van der Waals surface area (Å²) in [5, 5.41) is 3.11. The predicted octanol–water partition coefficient (Wildman–Crippen LogP) is 0.261. The molecule has 1 amide bonds. The molecule has 0 radical (unpaired) electrons. The van der Waals surface area contributed by atoms with Crippen LogP contribution < -0.4 is 11.1 Å². The summed E-state index contributed by atoms with van der Waals surface area (Å²) >= 11 is 0. The van der Waals surface area contributed by atoms with Gasteiger partial charge in [-0.3, -0.25) is 4.79 Å². The van der Waals surface area contributed by atoms with Gasteiger partial charge in [-0.1, -0.05) is 6.92 Å². The number of carbonyl (C=O) groups excluding carboxylic acids is 1. The number of rotatable bonds is 7. The first kappa shape index (κ1) is 13.4. The van der Waals surface area contributed by atoms with Gasteiger partial charge < -0.3 is 15.8 Å². The number of nitrogens with zero attached hydrogens (tertiary/aromatic N) is 2. The van der Waals surface area contributed by atoms with E-state index in [-0.39, 0.29) is 6.61 Å². The van der Waals surface area contributed by atoms with E-state index in [1.807, 2.05) is 19.9 Å². The van der Waals surface area contributed by atoms with Crippen LogP contribution in [0.3, 0.4) is 0 Å². The molecule has 0 bridgehead atoms. The monoisotopic (exact) mass is 238 g/mol. The van der Waals surface area contributed by atoms with Crippen LogP contribution in [0, 0.1) is 6.92 Å². The predicted molar refractivity (Wildman–Crippen MR) is 64.7 cm³/mol. The number of primary amides is 1. The molecule has 0 spiro atoms. The maximum atomic E-state index is 10.4. The quantitative estimate of drug-likeness (QED) is 0.665. The second-order valence-electron chi connectivity index (χ2n) is 3.59. The zero-order chi connectivity index (χ0) is 12.7. The Hall–Kier alpha value is -1.69. The summed E-state index contributed by atoms with van der Waals surface area (Å²) in [5.41, 5.74) is 5.94. The van der Waals surface area contributed by atoms with Gasteiger partial charge in [0.15, 0.2) is 0 Å². The SMILES string of the molecule is CCc1cc(NCCOCC(N)=O)nc(C)n1. The molecule has 6 heteroatoms. The third-order valence-electron chi connectivity index (χ3n) is 2.05. The van der Waals surface area contributed by atoms with Crippen LogP contribution in [-0.4, -0.2) is 35.6 Å². The van der Waals surface area contributed by atoms with E-state index in [0.29, 0.717) is 13.2 Å². The summed E-state index contributed by atoms with van der Waals surface area (Å²) in [6, 6.07) is 1.90. The molecule has 0 aliphatic carbocycles. The second kappa shape index (κ2) is 6.80. The molecule has 94 valence electrons. The van der Waals surface area contributed by atoms with Crippen molar-refractivity contribution in [2.45, 2.75) is 20.3 Å². The summed E-state index contributed by atoms with van der Waals surface area (Å²) in [4.78, 5) is 18.9. The molecule has 1 aromatic heterocycles. The summed E-state index contributed by atoms with van der Waals surface area (Å²) < 4.78 is 5.02. The van der Waals surface area contributed by atoms with Crippen molar-refractivity contribution in [1.82, 2.24) is 9.97 Å². The van der Waals surface area contributed by atoms with Crippen LogP contribution in [0.25, 0.3) is 0 Å². The Balaban J connectivity index is 2.36. The van der Waals surface area contributed by atoms with Gasteiger partial charge in [0.25, 0.3) is 0 Å². The van der Waals surface area contributed by atoms with Crippen LogP contribution in [0.1, 0.15) is 18.4 Å². The molecule has 0 aromatic carbocycles. The molecule has 1 rings (SSSR count). The molecule has 0 unspecified atom stereocenters. The molecule has 0 saturated carbocycles. The van der Waals surface area contributed by atoms with Gasteiger partial charge in [-0.05, 0) is 13.3 Å². The second-order valence-corrected chi connectivity index (χ2v) is 3.59. The highest BCUT2D eigenvalue weighted by Crippen LogP contribution is 2.06. The summed E-state index contributed by atoms with van der Waals surface area (Å²) in [5.74, 6) is 1.05. The van der Waals surface area contributed by atoms with Gasteiger partial charge in [0, 0.05) is 18.3 Å². The van der Waals surface area contributed by atoms with Gasteiger partial charge in [-0.25, -0.2) is 9.97 Å². The number of hydrogen-bond donors (Lipinski definition) is 2. The molecule has 0 aliphatic heterocycles. The standard InChI is InChI=1S/C11H18N4O2/c1-3-9-6-11(15-8(2)14-9)13-4-5-17-7-10(12)16/h6H,3-5,7H2,1-2H3,(H2,12,16)(H,13,14,15). The topological polar surface area (TPSA) is 90.1 Å². The van der Waals surface area contributed by atoms with Crippen molar-refractivity contribution in [1.29, 1.82) is 0 Å². The number of aryl methyl sites for hydroxylation is 2. The number of amides is 1. The Morgan fingerprint density at radius 2 is 2.29 bits per heavy atom. The average Bonchev–Trinajstić information content (AvgIpc) is 2.27. The van der Waals surface area contributed by atoms with Crippen molar-refractivity contribution >= 4 is 11.7 Å². The fourth-order valence-electron chi connectivity index (χ4n) is 1.33. The minimum Gasteiger partial charge on any atom is -0.370 e. The Morgan fingerprint density at radius 3 is 2.94 bits per heavy atom. The first-order valence-corrected chi connectivity index (χ1v) is 5.56. The highest BCUT2D eigenvalue weighted by Gasteiger charge is 2.00. The van der Waals surface area contributed by atoms with Crippen molar-refractivity contribution in [3.63, 3.8) is 0 Å². The molecular formula is C11H18N4O2. The smallest absolute Gasteiger partial charge is 0.243 e. The molecule has 0 saturated heterocycles. The third kappa shape index (κ3) is 5.26. The Morgan fingerprint density at radius 1 is 1.53 bits per heavy atom. The van der Waals surface area contributed by atoms with Crippen molar-refractivity contribution in [2.24, 2.45) is 5.73 Å². The molecular weight excluding hydrogens is 220 g/mol. The molecule has 0 fully saturated rings. The van der Waals surface area contributed by atoms with Crippen molar-refractivity contribution in [3.05, 3.63) is 17.6 Å². The Labute approximate surface area is 101 Å². The lowest BCUT2D eigenvalue weighted by molar-refractivity contribution is -0.122. The molecule has 17 heavy (non-hydrogen) atoms. The molecule has 1 aromatic rings. The number of nitrogens with two attached hydrogens (primary N) is 1. The van der Waals surface area contributed by atoms with Gasteiger partial charge in [-0.15, -0.1) is 0 Å². The Bertz CT molecular complexity index is 382. The van der Waals surface area contributed by atoms with Crippen LogP contribution in [0.2, 0.25) is 0 Å². The van der Waals surface area contributed by atoms with Gasteiger partial charge >= 0.3 is 0 Å². The fourth-order valence-corrected chi connectivity index (χ4v) is 1.33. The maximum absolute atomic E-state index is 10.4. The van der Waals surface area contributed by atoms with Crippen molar-refractivity contribution in [2.75, 3.05) is 25.1 Å². The minimum atomic E-state index is -0.462. The van der Waals surface area contributed by atoms with E-state index < -0.39 is 5.91 Å². The van der Waals surface area contributed by atoms with E-state index in [1.165, 1.54) is 0 Å². The van der Waals surface area contributed by atoms with E-state index in [0.717, 1.165) is 23.8 Å². The van der Waals surface area contributed by atoms with E-state index in [9.17, 15) is 4.79 Å². The van der Waals surface area contributed by atoms with Crippen molar-refractivity contribution < 1.29 is 9.53 Å². The fraction of sp³-hybridized carbons (Fsp3) is 0.545. The molecule has 1 heterocycles. The zero-order valence-corrected chi connectivity index (χ0v) is 10.2. The summed E-state index contributed by atoms with van der Waals surface area (Å²) in [6.07, 6.45) is 0.871. The maximum Gasteiger partial charge on any atom is 0.243 e. The Kier molecular flexibility index (Phi) is 5.35. The number of aromatic nitrogens is 2. The molecule has 3 N–H and O–H groups in total. The number of ether oxygens (including phenoxy) is 1. The van der Waals surface area contributed by atoms with Crippen LogP contribution in [0.15, 0.2) is 6.07 Å². The average molecular weight is 238 g/mol. The van der Waals surface area contributed by atoms with Crippen LogP contribution in [-0.2, 0) is 16.0 Å². The number of hydrogen-bond acceptors (Lipinski definition) is 5. The van der Waals surface area contributed by atoms with Gasteiger partial charge in [-0.2, -0.15) is 0 Å². The largest absolute Gasteiger partial charge is 0.370 e. The summed E-state index contributed by atoms with van der Waals surface area (Å²) in [7, 11) is 0. The first-order valence-electron chi connectivity index (χ1n) is 5.56. The molecule has 0 atom stereocenters. The number of nitrogens with one attached hydrogen (secondary N) is 1. The lowest BCUT2D eigenvalue weighted by Crippen LogP contribution is -2.20. The van der Waals surface area contributed by atoms with Crippen LogP contribution >= 0.6 is 0 Å². The zero-order valence-electron chi connectivity index (χ0n) is 10.2. The highest BCUT2D eigenvalue weighted by atomic mass is 16.5. The lowest BCUT2D eigenvalue weighted by Gasteiger charge is -2.07. The normalized spacial score (nSPS) is 10.2. The highest BCUT2D eigenvalue weighted by molar-refractivity contribution is 5.74. The van der Waals surface area contributed by atoms with E-state index >= 15 is 0 Å². The van der Waals surface area contributed by atoms with E-state index in [4.69, 9.17) is 10.5 Å². The van der Waals surface area contributed by atoms with Gasteiger partial charge in [0.2, 0.25) is 5.91 Å². The molecule has 6 nitrogen and oxygen atoms in total. The van der Waals surface area contributed by atoms with E-state index in [1.54, 1.807) is 0 Å². The van der Waals surface area contributed by atoms with Crippen LogP contribution in [0.5, 0.6) is 0 Å². The van der Waals surface area contributed by atoms with Gasteiger partial charge in [0.05, 0.1) is 6.61 Å².